The molecule has 0 fully saturated rings. The van der Waals surface area contributed by atoms with E-state index in [0.29, 0.717) is 11.4 Å². The highest BCUT2D eigenvalue weighted by molar-refractivity contribution is 5.49. The highest BCUT2D eigenvalue weighted by atomic mass is 15.0. The van der Waals surface area contributed by atoms with E-state index < -0.39 is 0 Å². The van der Waals surface area contributed by atoms with Crippen LogP contribution in [0.2, 0.25) is 0 Å². The van der Waals surface area contributed by atoms with Crippen LogP contribution in [0, 0.1) is 11.3 Å². The quantitative estimate of drug-likeness (QED) is 0.716. The lowest BCUT2D eigenvalue weighted by Crippen LogP contribution is -2.02. The Balaban J connectivity index is 2.58. The second kappa shape index (κ2) is 4.56. The van der Waals surface area contributed by atoms with Gasteiger partial charge < -0.3 is 10.3 Å². The molecule has 3 nitrogen and oxygen atoms in total. The fourth-order valence-corrected chi connectivity index (χ4v) is 1.31. The lowest BCUT2D eigenvalue weighted by Gasteiger charge is -2.04. The van der Waals surface area contributed by atoms with E-state index in [1.54, 1.807) is 6.07 Å². The van der Waals surface area contributed by atoms with E-state index in [4.69, 9.17) is 11.0 Å². The molecule has 0 amide bonds. The van der Waals surface area contributed by atoms with Gasteiger partial charge in [0.05, 0.1) is 5.56 Å². The molecule has 0 saturated heterocycles. The smallest absolute Gasteiger partial charge is 0.121 e. The van der Waals surface area contributed by atoms with Crippen LogP contribution in [0.1, 0.15) is 31.7 Å². The number of aromatic nitrogens is 1. The van der Waals surface area contributed by atoms with Gasteiger partial charge in [-0.15, -0.1) is 0 Å². The predicted octanol–water partition coefficient (Wildman–Crippen LogP) is 2.13. The number of hydrogen-bond donors (Lipinski definition) is 1. The van der Waals surface area contributed by atoms with E-state index in [1.807, 2.05) is 10.8 Å². The van der Waals surface area contributed by atoms with Crippen molar-refractivity contribution in [2.45, 2.75) is 32.7 Å². The van der Waals surface area contributed by atoms with Gasteiger partial charge in [-0.25, -0.2) is 0 Å². The molecule has 0 bridgehead atoms. The summed E-state index contributed by atoms with van der Waals surface area (Å²) < 4.78 is 1.94. The summed E-state index contributed by atoms with van der Waals surface area (Å²) in [6.07, 6.45) is 5.41. The van der Waals surface area contributed by atoms with Crippen LogP contribution in [-0.2, 0) is 6.54 Å². The third-order valence-corrected chi connectivity index (χ3v) is 2.13. The number of anilines is 1. The molecular weight excluding hydrogens is 162 g/mol. The Hall–Kier alpha value is -1.43. The largest absolute Gasteiger partial charge is 0.384 e. The Morgan fingerprint density at radius 2 is 2.31 bits per heavy atom. The van der Waals surface area contributed by atoms with E-state index >= 15 is 0 Å². The number of aryl methyl sites for hydroxylation is 1. The maximum atomic E-state index is 8.66. The first kappa shape index (κ1) is 9.66. The van der Waals surface area contributed by atoms with Crippen molar-refractivity contribution in [1.82, 2.24) is 4.57 Å². The molecule has 3 heteroatoms. The topological polar surface area (TPSA) is 54.7 Å². The van der Waals surface area contributed by atoms with Crippen molar-refractivity contribution in [3.8, 4) is 6.07 Å². The fourth-order valence-electron chi connectivity index (χ4n) is 1.31. The van der Waals surface area contributed by atoms with Crippen LogP contribution in [0.4, 0.5) is 5.82 Å². The number of nitrogen functional groups attached to an aromatic ring is 1. The summed E-state index contributed by atoms with van der Waals surface area (Å²) in [6, 6.07) is 3.83. The van der Waals surface area contributed by atoms with Gasteiger partial charge in [-0.3, -0.25) is 0 Å². The maximum absolute atomic E-state index is 8.66. The number of nitriles is 1. The highest BCUT2D eigenvalue weighted by Gasteiger charge is 2.03. The summed E-state index contributed by atoms with van der Waals surface area (Å²) in [5, 5.41) is 8.66. The summed E-state index contributed by atoms with van der Waals surface area (Å²) in [5.41, 5.74) is 6.32. The highest BCUT2D eigenvalue weighted by Crippen LogP contribution is 2.13. The SMILES string of the molecule is CCCCCn1ccc(C#N)c1N. The van der Waals surface area contributed by atoms with Gasteiger partial charge in [-0.2, -0.15) is 5.26 Å². The van der Waals surface area contributed by atoms with E-state index in [0.717, 1.165) is 13.0 Å². The minimum absolute atomic E-state index is 0.580. The first-order chi connectivity index (χ1) is 6.29. The number of unbranched alkanes of at least 4 members (excludes halogenated alkanes) is 2. The van der Waals surface area contributed by atoms with Gasteiger partial charge in [0.15, 0.2) is 0 Å². The molecule has 13 heavy (non-hydrogen) atoms. The van der Waals surface area contributed by atoms with Crippen LogP contribution >= 0.6 is 0 Å². The van der Waals surface area contributed by atoms with Crippen LogP contribution in [-0.4, -0.2) is 4.57 Å². The van der Waals surface area contributed by atoms with Gasteiger partial charge in [0, 0.05) is 12.7 Å². The predicted molar refractivity (Wildman–Crippen MR) is 53.1 cm³/mol. The van der Waals surface area contributed by atoms with Crippen LogP contribution < -0.4 is 5.73 Å². The zero-order chi connectivity index (χ0) is 9.68. The molecule has 0 aliphatic carbocycles. The van der Waals surface area contributed by atoms with Crippen molar-refractivity contribution >= 4 is 5.82 Å². The van der Waals surface area contributed by atoms with E-state index in [2.05, 4.69) is 13.0 Å². The molecule has 0 saturated carbocycles. The van der Waals surface area contributed by atoms with Crippen LogP contribution in [0.5, 0.6) is 0 Å². The fraction of sp³-hybridized carbons (Fsp3) is 0.500. The van der Waals surface area contributed by atoms with Crippen molar-refractivity contribution in [3.63, 3.8) is 0 Å². The molecular formula is C10H15N3. The van der Waals surface area contributed by atoms with E-state index in [1.165, 1.54) is 12.8 Å². The summed E-state index contributed by atoms with van der Waals surface area (Å²) in [6.45, 7) is 3.08. The van der Waals surface area contributed by atoms with Crippen molar-refractivity contribution < 1.29 is 0 Å². The lowest BCUT2D eigenvalue weighted by atomic mass is 10.2. The molecule has 1 aromatic heterocycles. The van der Waals surface area contributed by atoms with Gasteiger partial charge in [0.1, 0.15) is 11.9 Å². The molecule has 0 atom stereocenters. The number of nitrogens with two attached hydrogens (primary N) is 1. The van der Waals surface area contributed by atoms with Crippen LogP contribution in [0.25, 0.3) is 0 Å². The number of nitrogens with zero attached hydrogens (tertiary/aromatic N) is 2. The minimum Gasteiger partial charge on any atom is -0.384 e. The zero-order valence-corrected chi connectivity index (χ0v) is 7.95. The maximum Gasteiger partial charge on any atom is 0.121 e. The van der Waals surface area contributed by atoms with Gasteiger partial charge in [-0.05, 0) is 12.5 Å². The van der Waals surface area contributed by atoms with Gasteiger partial charge >= 0.3 is 0 Å². The summed E-state index contributed by atoms with van der Waals surface area (Å²) in [7, 11) is 0. The Morgan fingerprint density at radius 1 is 1.54 bits per heavy atom. The summed E-state index contributed by atoms with van der Waals surface area (Å²) >= 11 is 0. The van der Waals surface area contributed by atoms with Crippen molar-refractivity contribution in [2.75, 3.05) is 5.73 Å². The average Bonchev–Trinajstić information content (AvgIpc) is 2.48. The van der Waals surface area contributed by atoms with Gasteiger partial charge in [0.25, 0.3) is 0 Å². The van der Waals surface area contributed by atoms with Crippen molar-refractivity contribution in [1.29, 1.82) is 5.26 Å². The molecule has 1 heterocycles. The first-order valence-corrected chi connectivity index (χ1v) is 4.64. The number of hydrogen-bond acceptors (Lipinski definition) is 2. The van der Waals surface area contributed by atoms with E-state index in [-0.39, 0.29) is 0 Å². The third-order valence-electron chi connectivity index (χ3n) is 2.13. The molecule has 0 radical (unpaired) electrons. The Labute approximate surface area is 78.8 Å². The molecule has 0 aliphatic heterocycles. The average molecular weight is 177 g/mol. The molecule has 70 valence electrons. The van der Waals surface area contributed by atoms with Crippen molar-refractivity contribution in [3.05, 3.63) is 17.8 Å². The Kier molecular flexibility index (Phi) is 3.39. The van der Waals surface area contributed by atoms with Crippen LogP contribution in [0.15, 0.2) is 12.3 Å². The Bertz CT molecular complexity index is 306. The molecule has 0 aliphatic rings. The minimum atomic E-state index is 0.580. The normalized spacial score (nSPS) is 9.85. The zero-order valence-electron chi connectivity index (χ0n) is 7.95. The van der Waals surface area contributed by atoms with Crippen molar-refractivity contribution in [2.24, 2.45) is 0 Å². The third kappa shape index (κ3) is 2.25. The second-order valence-corrected chi connectivity index (χ2v) is 3.13. The monoisotopic (exact) mass is 177 g/mol. The Morgan fingerprint density at radius 3 is 2.85 bits per heavy atom. The molecule has 2 N–H and O–H groups in total. The number of rotatable bonds is 4. The van der Waals surface area contributed by atoms with Gasteiger partial charge in [-0.1, -0.05) is 19.8 Å². The standard InChI is InChI=1S/C10H15N3/c1-2-3-4-6-13-7-5-9(8-11)10(13)12/h5,7H,2-4,6,12H2,1H3. The summed E-state index contributed by atoms with van der Waals surface area (Å²) in [5.74, 6) is 0.596. The first-order valence-electron chi connectivity index (χ1n) is 4.64. The van der Waals surface area contributed by atoms with Crippen LogP contribution in [0.3, 0.4) is 0 Å². The second-order valence-electron chi connectivity index (χ2n) is 3.13. The van der Waals surface area contributed by atoms with Gasteiger partial charge in [0.2, 0.25) is 0 Å². The van der Waals surface area contributed by atoms with E-state index in [9.17, 15) is 0 Å². The summed E-state index contributed by atoms with van der Waals surface area (Å²) in [4.78, 5) is 0. The lowest BCUT2D eigenvalue weighted by molar-refractivity contribution is 0.609. The molecule has 1 aromatic rings. The molecule has 0 spiro atoms. The molecule has 0 unspecified atom stereocenters. The molecule has 1 rings (SSSR count). The molecule has 0 aromatic carbocycles.